The third-order valence-corrected chi connectivity index (χ3v) is 5.05. The van der Waals surface area contributed by atoms with E-state index in [-0.39, 0.29) is 0 Å². The molecule has 1 aliphatic rings. The molecule has 1 saturated heterocycles. The number of hydrogen-bond acceptors (Lipinski definition) is 7. The smallest absolute Gasteiger partial charge is 0.344 e. The van der Waals surface area contributed by atoms with Gasteiger partial charge in [-0.2, -0.15) is 5.10 Å². The molecule has 0 amide bonds. The maximum Gasteiger partial charge on any atom is 0.344 e. The first-order chi connectivity index (χ1) is 12.7. The summed E-state index contributed by atoms with van der Waals surface area (Å²) in [6.45, 7) is 3.59. The number of carbonyl (C=O) groups excluding carboxylic acids is 1. The molecule has 0 bridgehead atoms. The number of hydrogen-bond donors (Lipinski definition) is 2. The third kappa shape index (κ3) is 3.13. The molecule has 9 heteroatoms. The summed E-state index contributed by atoms with van der Waals surface area (Å²) in [6.07, 6.45) is 1.83. The molecule has 1 aliphatic heterocycles. The monoisotopic (exact) mass is 389 g/mol. The Bertz CT molecular complexity index is 953. The predicted molar refractivity (Wildman–Crippen MR) is 101 cm³/mol. The molecule has 0 radical (unpaired) electrons. The number of rotatable bonds is 4. The number of fused-ring (bicyclic) bond motifs is 1. The number of nitrogens with zero attached hydrogens (tertiary/aromatic N) is 3. The van der Waals surface area contributed by atoms with Gasteiger partial charge >= 0.3 is 5.97 Å². The molecule has 134 valence electrons. The number of benzene rings is 1. The lowest BCUT2D eigenvalue weighted by Gasteiger charge is -2.08. The summed E-state index contributed by atoms with van der Waals surface area (Å²) < 4.78 is 6.87. The van der Waals surface area contributed by atoms with E-state index in [2.05, 4.69) is 20.7 Å². The van der Waals surface area contributed by atoms with Crippen LogP contribution in [0.25, 0.3) is 21.8 Å². The van der Waals surface area contributed by atoms with Crippen molar-refractivity contribution in [3.05, 3.63) is 46.3 Å². The van der Waals surface area contributed by atoms with Crippen molar-refractivity contribution in [1.82, 2.24) is 25.2 Å². The van der Waals surface area contributed by atoms with Gasteiger partial charge in [0.25, 0.3) is 0 Å². The van der Waals surface area contributed by atoms with E-state index in [0.29, 0.717) is 33.0 Å². The molecule has 0 aliphatic carbocycles. The van der Waals surface area contributed by atoms with Gasteiger partial charge in [0.2, 0.25) is 4.96 Å². The molecule has 4 rings (SSSR count). The third-order valence-electron chi connectivity index (χ3n) is 3.86. The molecule has 7 nitrogen and oxygen atoms in total. The van der Waals surface area contributed by atoms with Gasteiger partial charge in [0.05, 0.1) is 18.5 Å². The molecular formula is C17H16ClN5O2S. The van der Waals surface area contributed by atoms with Crippen molar-refractivity contribution in [3.8, 4) is 11.3 Å². The zero-order chi connectivity index (χ0) is 18.1. The van der Waals surface area contributed by atoms with Crippen molar-refractivity contribution >= 4 is 39.4 Å². The molecule has 0 atom stereocenters. The average molecular weight is 390 g/mol. The lowest BCUT2D eigenvalue weighted by atomic mass is 10.2. The van der Waals surface area contributed by atoms with Gasteiger partial charge in [-0.25, -0.2) is 14.3 Å². The highest BCUT2D eigenvalue weighted by Crippen LogP contribution is 2.28. The van der Waals surface area contributed by atoms with E-state index in [1.165, 1.54) is 11.3 Å². The van der Waals surface area contributed by atoms with Crippen molar-refractivity contribution in [2.75, 3.05) is 19.7 Å². The first kappa shape index (κ1) is 16.9. The lowest BCUT2D eigenvalue weighted by Crippen LogP contribution is -2.19. The quantitative estimate of drug-likeness (QED) is 0.527. The summed E-state index contributed by atoms with van der Waals surface area (Å²) >= 11 is 7.27. The number of esters is 1. The summed E-state index contributed by atoms with van der Waals surface area (Å²) in [7, 11) is 0. The molecule has 0 saturated carbocycles. The maximum atomic E-state index is 12.4. The zero-order valence-corrected chi connectivity index (χ0v) is 15.5. The molecule has 26 heavy (non-hydrogen) atoms. The van der Waals surface area contributed by atoms with E-state index in [1.807, 2.05) is 30.5 Å². The van der Waals surface area contributed by atoms with Crippen LogP contribution < -0.4 is 10.6 Å². The van der Waals surface area contributed by atoms with Crippen LogP contribution in [0, 0.1) is 0 Å². The van der Waals surface area contributed by atoms with E-state index in [0.717, 1.165) is 24.3 Å². The Morgan fingerprint density at radius 2 is 2.04 bits per heavy atom. The van der Waals surface area contributed by atoms with Crippen LogP contribution in [0.15, 0.2) is 36.3 Å². The van der Waals surface area contributed by atoms with E-state index in [4.69, 9.17) is 16.3 Å². The van der Waals surface area contributed by atoms with Gasteiger partial charge in [-0.3, -0.25) is 0 Å². The number of ether oxygens (including phenoxy) is 1. The summed E-state index contributed by atoms with van der Waals surface area (Å²) in [5.41, 5.74) is 2.17. The molecular weight excluding hydrogens is 374 g/mol. The number of halogens is 1. The molecule has 1 fully saturated rings. The van der Waals surface area contributed by atoms with Gasteiger partial charge in [-0.15, -0.1) is 0 Å². The van der Waals surface area contributed by atoms with Crippen molar-refractivity contribution < 1.29 is 9.53 Å². The summed E-state index contributed by atoms with van der Waals surface area (Å²) in [5, 5.41) is 12.1. The minimum Gasteiger partial charge on any atom is -0.462 e. The van der Waals surface area contributed by atoms with Crippen molar-refractivity contribution in [3.63, 3.8) is 0 Å². The van der Waals surface area contributed by atoms with Crippen molar-refractivity contribution in [2.45, 2.75) is 6.92 Å². The first-order valence-corrected chi connectivity index (χ1v) is 9.37. The number of aromatic nitrogens is 3. The minimum absolute atomic E-state index is 0.304. The molecule has 2 aromatic heterocycles. The molecule has 2 N–H and O–H groups in total. The van der Waals surface area contributed by atoms with Crippen LogP contribution in [-0.2, 0) is 9.53 Å². The second-order valence-electron chi connectivity index (χ2n) is 5.59. The maximum absolute atomic E-state index is 12.4. The highest BCUT2D eigenvalue weighted by Gasteiger charge is 2.25. The fourth-order valence-electron chi connectivity index (χ4n) is 2.67. The van der Waals surface area contributed by atoms with Crippen LogP contribution in [0.3, 0.4) is 0 Å². The second kappa shape index (κ2) is 6.97. The van der Waals surface area contributed by atoms with Gasteiger partial charge in [0.15, 0.2) is 5.01 Å². The zero-order valence-electron chi connectivity index (χ0n) is 14.0. The number of nitrogens with one attached hydrogen (secondary N) is 2. The van der Waals surface area contributed by atoms with Gasteiger partial charge in [-0.05, 0) is 19.1 Å². The molecule has 3 heterocycles. The fourth-order valence-corrected chi connectivity index (χ4v) is 3.72. The highest BCUT2D eigenvalue weighted by molar-refractivity contribution is 7.18. The molecule has 1 aromatic carbocycles. The van der Waals surface area contributed by atoms with Crippen LogP contribution in [0.2, 0.25) is 5.02 Å². The predicted octanol–water partition coefficient (Wildman–Crippen LogP) is 2.54. The molecule has 0 spiro atoms. The van der Waals surface area contributed by atoms with Crippen LogP contribution in [0.5, 0.6) is 0 Å². The normalized spacial score (nSPS) is 13.5. The van der Waals surface area contributed by atoms with Crippen molar-refractivity contribution in [1.29, 1.82) is 0 Å². The van der Waals surface area contributed by atoms with Crippen molar-refractivity contribution in [2.24, 2.45) is 0 Å². The summed E-state index contributed by atoms with van der Waals surface area (Å²) in [4.78, 5) is 17.7. The highest BCUT2D eigenvalue weighted by atomic mass is 35.5. The first-order valence-electron chi connectivity index (χ1n) is 8.17. The average Bonchev–Trinajstić information content (AvgIpc) is 3.33. The van der Waals surface area contributed by atoms with Crippen LogP contribution in [0.4, 0.5) is 0 Å². The Labute approximate surface area is 158 Å². The van der Waals surface area contributed by atoms with E-state index < -0.39 is 5.97 Å². The van der Waals surface area contributed by atoms with E-state index in [9.17, 15) is 4.79 Å². The molecule has 0 unspecified atom stereocenters. The number of carbonyl (C=O) groups is 1. The van der Waals surface area contributed by atoms with Crippen LogP contribution in [-0.4, -0.2) is 40.3 Å². The van der Waals surface area contributed by atoms with Crippen LogP contribution >= 0.6 is 22.9 Å². The Morgan fingerprint density at radius 3 is 2.69 bits per heavy atom. The SMILES string of the molecule is CCOC(=O)C(=C1NCCN1)c1nn2cc(-c3ccc(Cl)cc3)nc2s1. The van der Waals surface area contributed by atoms with E-state index in [1.54, 1.807) is 11.4 Å². The van der Waals surface area contributed by atoms with Gasteiger partial charge in [-0.1, -0.05) is 35.1 Å². The second-order valence-corrected chi connectivity index (χ2v) is 6.98. The largest absolute Gasteiger partial charge is 0.462 e. The van der Waals surface area contributed by atoms with Gasteiger partial charge in [0, 0.05) is 23.7 Å². The Balaban J connectivity index is 1.72. The Morgan fingerprint density at radius 1 is 1.31 bits per heavy atom. The topological polar surface area (TPSA) is 80.5 Å². The van der Waals surface area contributed by atoms with Gasteiger partial charge in [0.1, 0.15) is 11.4 Å². The number of imidazole rings is 1. The van der Waals surface area contributed by atoms with Gasteiger partial charge < -0.3 is 15.4 Å². The molecule has 3 aromatic rings. The summed E-state index contributed by atoms with van der Waals surface area (Å²) in [5.74, 6) is 0.248. The lowest BCUT2D eigenvalue weighted by molar-refractivity contribution is -0.136. The fraction of sp³-hybridized carbons (Fsp3) is 0.235. The minimum atomic E-state index is -0.403. The van der Waals surface area contributed by atoms with Crippen LogP contribution in [0.1, 0.15) is 11.9 Å². The Kier molecular flexibility index (Phi) is 4.52. The Hall–Kier alpha value is -2.58. The standard InChI is InChI=1S/C17H16ClN5O2S/c1-2-25-16(24)13(14-19-7-8-20-14)15-22-23-9-12(21-17(23)26-15)10-3-5-11(18)6-4-10/h3-6,9,19-20H,2,7-8H2,1H3. The summed E-state index contributed by atoms with van der Waals surface area (Å²) in [6, 6.07) is 7.47. The van der Waals surface area contributed by atoms with E-state index >= 15 is 0 Å².